The fraction of sp³-hybridized carbons (Fsp3) is 0.115. The Labute approximate surface area is 175 Å². The molecule has 148 valence electrons. The molecule has 1 N–H and O–H groups in total. The van der Waals surface area contributed by atoms with Crippen LogP contribution >= 0.6 is 0 Å². The zero-order valence-electron chi connectivity index (χ0n) is 17.0. The van der Waals surface area contributed by atoms with Crippen molar-refractivity contribution in [1.82, 2.24) is 0 Å². The van der Waals surface area contributed by atoms with Crippen LogP contribution in [0.25, 0.3) is 10.8 Å². The third kappa shape index (κ3) is 3.37. The van der Waals surface area contributed by atoms with Gasteiger partial charge in [-0.05, 0) is 48.2 Å². The van der Waals surface area contributed by atoms with Gasteiger partial charge in [-0.15, -0.1) is 0 Å². The Balaban J connectivity index is 1.44. The van der Waals surface area contributed by atoms with Gasteiger partial charge in [0.15, 0.2) is 11.5 Å². The van der Waals surface area contributed by atoms with Crippen molar-refractivity contribution < 1.29 is 9.47 Å². The van der Waals surface area contributed by atoms with E-state index in [2.05, 4.69) is 60.8 Å². The first kappa shape index (κ1) is 18.3. The van der Waals surface area contributed by atoms with Crippen LogP contribution in [-0.2, 0) is 6.61 Å². The molecule has 0 atom stereocenters. The first-order valence-electron chi connectivity index (χ1n) is 9.95. The van der Waals surface area contributed by atoms with Gasteiger partial charge < -0.3 is 14.8 Å². The molecule has 0 spiro atoms. The monoisotopic (exact) mass is 394 g/mol. The quantitative estimate of drug-likeness (QED) is 0.436. The lowest BCUT2D eigenvalue weighted by atomic mass is 10.0. The highest BCUT2D eigenvalue weighted by atomic mass is 16.5. The maximum atomic E-state index is 6.01. The van der Waals surface area contributed by atoms with Gasteiger partial charge in [0, 0.05) is 16.6 Å². The molecule has 4 heteroatoms. The topological polar surface area (TPSA) is 42.8 Å². The highest BCUT2D eigenvalue weighted by molar-refractivity contribution is 6.19. The molecule has 0 unspecified atom stereocenters. The van der Waals surface area contributed by atoms with Crippen molar-refractivity contribution in [3.63, 3.8) is 0 Å². The molecule has 0 aliphatic carbocycles. The number of hydrogen-bond acceptors (Lipinski definition) is 4. The molecule has 0 saturated heterocycles. The Morgan fingerprint density at radius 3 is 2.47 bits per heavy atom. The first-order valence-corrected chi connectivity index (χ1v) is 9.95. The average molecular weight is 394 g/mol. The van der Waals surface area contributed by atoms with Crippen LogP contribution in [0.2, 0.25) is 0 Å². The van der Waals surface area contributed by atoms with E-state index >= 15 is 0 Å². The predicted molar refractivity (Wildman–Crippen MR) is 122 cm³/mol. The molecule has 30 heavy (non-hydrogen) atoms. The minimum Gasteiger partial charge on any atom is -0.493 e. The number of ether oxygens (including phenoxy) is 2. The van der Waals surface area contributed by atoms with E-state index < -0.39 is 0 Å². The Morgan fingerprint density at radius 1 is 0.867 bits per heavy atom. The fourth-order valence-corrected chi connectivity index (χ4v) is 3.71. The van der Waals surface area contributed by atoms with Crippen molar-refractivity contribution in [2.75, 3.05) is 12.4 Å². The van der Waals surface area contributed by atoms with Crippen LogP contribution in [0.15, 0.2) is 83.9 Å². The van der Waals surface area contributed by atoms with Gasteiger partial charge >= 0.3 is 0 Å². The van der Waals surface area contributed by atoms with Crippen LogP contribution < -0.4 is 14.8 Å². The molecular weight excluding hydrogens is 372 g/mol. The maximum Gasteiger partial charge on any atom is 0.161 e. The zero-order chi connectivity index (χ0) is 20.5. The summed E-state index contributed by atoms with van der Waals surface area (Å²) in [6, 6.07) is 26.7. The number of benzene rings is 4. The molecule has 1 aliphatic rings. The van der Waals surface area contributed by atoms with Crippen molar-refractivity contribution in [2.45, 2.75) is 13.5 Å². The van der Waals surface area contributed by atoms with Gasteiger partial charge in [-0.25, -0.2) is 4.99 Å². The number of nitrogens with zero attached hydrogens (tertiary/aromatic N) is 1. The Morgan fingerprint density at radius 2 is 1.67 bits per heavy atom. The summed E-state index contributed by atoms with van der Waals surface area (Å²) in [5.74, 6) is 2.19. The summed E-state index contributed by atoms with van der Waals surface area (Å²) in [4.78, 5) is 4.85. The molecule has 4 aromatic carbocycles. The van der Waals surface area contributed by atoms with Gasteiger partial charge in [0.25, 0.3) is 0 Å². The Hall–Kier alpha value is -3.79. The summed E-state index contributed by atoms with van der Waals surface area (Å²) in [6.07, 6.45) is 0. The summed E-state index contributed by atoms with van der Waals surface area (Å²) in [7, 11) is 1.66. The van der Waals surface area contributed by atoms with Gasteiger partial charge in [-0.1, -0.05) is 54.1 Å². The molecule has 1 aliphatic heterocycles. The van der Waals surface area contributed by atoms with Crippen LogP contribution in [0, 0.1) is 6.92 Å². The molecule has 0 amide bonds. The summed E-state index contributed by atoms with van der Waals surface area (Å²) in [5.41, 5.74) is 5.33. The number of nitrogens with one attached hydrogen (secondary N) is 1. The lowest BCUT2D eigenvalue weighted by Gasteiger charge is -2.20. The average Bonchev–Trinajstić information content (AvgIpc) is 2.79. The van der Waals surface area contributed by atoms with E-state index in [4.69, 9.17) is 14.5 Å². The molecule has 0 aromatic heterocycles. The van der Waals surface area contributed by atoms with Crippen LogP contribution in [0.1, 0.15) is 16.7 Å². The second-order valence-electron chi connectivity index (χ2n) is 7.41. The Bertz CT molecular complexity index is 1250. The highest BCUT2D eigenvalue weighted by Crippen LogP contribution is 2.37. The smallest absolute Gasteiger partial charge is 0.161 e. The van der Waals surface area contributed by atoms with E-state index in [9.17, 15) is 0 Å². The maximum absolute atomic E-state index is 6.01. The largest absolute Gasteiger partial charge is 0.493 e. The Kier molecular flexibility index (Phi) is 4.60. The third-order valence-corrected chi connectivity index (χ3v) is 5.32. The number of rotatable bonds is 5. The number of aryl methyl sites for hydroxylation is 1. The number of methoxy groups -OCH3 is 1. The first-order chi connectivity index (χ1) is 14.7. The minimum atomic E-state index is 0.491. The number of amidine groups is 1. The number of anilines is 1. The SMILES string of the molecule is COc1cc(C2=Nc3cccc4cccc(c34)N2)ccc1OCc1ccc(C)cc1. The van der Waals surface area contributed by atoms with Crippen LogP contribution in [0.5, 0.6) is 11.5 Å². The van der Waals surface area contributed by atoms with E-state index in [1.807, 2.05) is 30.3 Å². The van der Waals surface area contributed by atoms with E-state index in [1.165, 1.54) is 10.9 Å². The molecule has 4 nitrogen and oxygen atoms in total. The standard InChI is InChI=1S/C26H22N2O2/c1-17-9-11-18(12-10-17)16-30-23-14-13-20(15-24(23)29-2)26-27-21-7-3-5-19-6-4-8-22(28-26)25(19)21/h3-15H,16H2,1-2H3,(H,27,28). The molecule has 0 saturated carbocycles. The normalized spacial score (nSPS) is 12.3. The molecule has 0 fully saturated rings. The van der Waals surface area contributed by atoms with Crippen molar-refractivity contribution >= 4 is 28.0 Å². The third-order valence-electron chi connectivity index (χ3n) is 5.32. The van der Waals surface area contributed by atoms with Crippen molar-refractivity contribution in [1.29, 1.82) is 0 Å². The van der Waals surface area contributed by atoms with E-state index in [0.29, 0.717) is 18.1 Å². The summed E-state index contributed by atoms with van der Waals surface area (Å²) in [6.45, 7) is 2.57. The summed E-state index contributed by atoms with van der Waals surface area (Å²) >= 11 is 0. The molecule has 1 heterocycles. The van der Waals surface area contributed by atoms with Gasteiger partial charge in [0.05, 0.1) is 12.8 Å². The van der Waals surface area contributed by atoms with E-state index in [-0.39, 0.29) is 0 Å². The second kappa shape index (κ2) is 7.56. The van der Waals surface area contributed by atoms with E-state index in [0.717, 1.165) is 33.7 Å². The van der Waals surface area contributed by atoms with Crippen LogP contribution in [0.3, 0.4) is 0 Å². The van der Waals surface area contributed by atoms with Crippen molar-refractivity contribution in [3.05, 3.63) is 95.6 Å². The molecule has 4 aromatic rings. The second-order valence-corrected chi connectivity index (χ2v) is 7.41. The van der Waals surface area contributed by atoms with Gasteiger partial charge in [-0.2, -0.15) is 0 Å². The van der Waals surface area contributed by atoms with Gasteiger partial charge in [0.2, 0.25) is 0 Å². The molecule has 0 radical (unpaired) electrons. The van der Waals surface area contributed by atoms with Gasteiger partial charge in [-0.3, -0.25) is 0 Å². The molecular formula is C26H22N2O2. The fourth-order valence-electron chi connectivity index (χ4n) is 3.71. The predicted octanol–water partition coefficient (Wildman–Crippen LogP) is 6.24. The summed E-state index contributed by atoms with van der Waals surface area (Å²) in [5, 5.41) is 5.79. The molecule has 0 bridgehead atoms. The zero-order valence-corrected chi connectivity index (χ0v) is 17.0. The van der Waals surface area contributed by atoms with Crippen molar-refractivity contribution in [3.8, 4) is 11.5 Å². The van der Waals surface area contributed by atoms with Crippen LogP contribution in [0.4, 0.5) is 11.4 Å². The number of aliphatic imine (C=N–C) groups is 1. The molecule has 5 rings (SSSR count). The highest BCUT2D eigenvalue weighted by Gasteiger charge is 2.17. The lowest BCUT2D eigenvalue weighted by molar-refractivity contribution is 0.284. The van der Waals surface area contributed by atoms with Gasteiger partial charge in [0.1, 0.15) is 12.4 Å². The van der Waals surface area contributed by atoms with Crippen LogP contribution in [-0.4, -0.2) is 12.9 Å². The number of hydrogen-bond donors (Lipinski definition) is 1. The lowest BCUT2D eigenvalue weighted by Crippen LogP contribution is -2.16. The minimum absolute atomic E-state index is 0.491. The van der Waals surface area contributed by atoms with E-state index in [1.54, 1.807) is 7.11 Å². The summed E-state index contributed by atoms with van der Waals surface area (Å²) < 4.78 is 11.6. The van der Waals surface area contributed by atoms with Crippen molar-refractivity contribution in [2.24, 2.45) is 4.99 Å².